The minimum atomic E-state index is 0.475. The smallest absolute Gasteiger partial charge is 0.238 e. The van der Waals surface area contributed by atoms with Crippen LogP contribution >= 0.6 is 11.3 Å². The Morgan fingerprint density at radius 3 is 0.859 bits per heavy atom. The molecular formula is C125H70N10O6S. The van der Waals surface area contributed by atoms with Crippen LogP contribution in [0.25, 0.3) is 303 Å². The molecule has 0 saturated carbocycles. The van der Waals surface area contributed by atoms with Gasteiger partial charge in [-0.05, 0) is 140 Å². The summed E-state index contributed by atoms with van der Waals surface area (Å²) < 4.78 is 48.1. The van der Waals surface area contributed by atoms with E-state index >= 15 is 0 Å². The maximum atomic E-state index is 6.57. The van der Waals surface area contributed by atoms with Crippen LogP contribution in [-0.4, -0.2) is 48.6 Å². The summed E-state index contributed by atoms with van der Waals surface area (Å²) in [5, 5.41) is 21.7. The lowest BCUT2D eigenvalue weighted by molar-refractivity contribution is 0.668. The molecule has 0 bridgehead atoms. The molecule has 0 spiro atoms. The van der Waals surface area contributed by atoms with E-state index in [0.717, 1.165) is 253 Å². The second-order valence-corrected chi connectivity index (χ2v) is 37.0. The highest BCUT2D eigenvalue weighted by Crippen LogP contribution is 2.49. The first-order valence-electron chi connectivity index (χ1n) is 47.2. The third kappa shape index (κ3) is 12.2. The van der Waals surface area contributed by atoms with E-state index in [2.05, 4.69) is 287 Å². The Kier molecular flexibility index (Phi) is 17.3. The number of furan rings is 6. The summed E-state index contributed by atoms with van der Waals surface area (Å²) in [6, 6.07) is 146. The molecule has 13 heterocycles. The van der Waals surface area contributed by atoms with E-state index in [1.165, 1.54) is 20.2 Å². The summed E-state index contributed by atoms with van der Waals surface area (Å²) in [7, 11) is 0. The first-order chi connectivity index (χ1) is 70.4. The van der Waals surface area contributed by atoms with Gasteiger partial charge in [-0.15, -0.1) is 11.3 Å². The first kappa shape index (κ1) is 79.0. The number of hydrogen-bond acceptors (Lipinski definition) is 14. The number of rotatable bonds is 9. The van der Waals surface area contributed by atoms with Gasteiger partial charge in [0.2, 0.25) is 17.8 Å². The average molecular weight is 1840 g/mol. The Bertz CT molecular complexity index is 10800. The summed E-state index contributed by atoms with van der Waals surface area (Å²) in [5.74, 6) is 2.68. The molecule has 17 heteroatoms. The van der Waals surface area contributed by atoms with Gasteiger partial charge in [0, 0.05) is 123 Å². The minimum Gasteiger partial charge on any atom is -0.455 e. The molecule has 142 heavy (non-hydrogen) atoms. The van der Waals surface area contributed by atoms with Crippen molar-refractivity contribution in [3.63, 3.8) is 0 Å². The quantitative estimate of drug-likeness (QED) is 0.133. The topological polar surface area (TPSA) is 184 Å². The number of aromatic nitrogens is 10. The number of hydrogen-bond donors (Lipinski definition) is 0. The molecule has 19 aromatic carbocycles. The van der Waals surface area contributed by atoms with Crippen LogP contribution < -0.4 is 0 Å². The minimum absolute atomic E-state index is 0.475. The number of benzene rings is 19. The van der Waals surface area contributed by atoms with Crippen LogP contribution in [0.4, 0.5) is 0 Å². The zero-order chi connectivity index (χ0) is 92.9. The highest BCUT2D eigenvalue weighted by atomic mass is 32.1. The molecule has 0 aliphatic rings. The van der Waals surface area contributed by atoms with Gasteiger partial charge in [-0.2, -0.15) is 9.97 Å². The van der Waals surface area contributed by atoms with Gasteiger partial charge < -0.3 is 26.5 Å². The molecule has 0 amide bonds. The van der Waals surface area contributed by atoms with Crippen molar-refractivity contribution < 1.29 is 26.5 Å². The van der Waals surface area contributed by atoms with Gasteiger partial charge in [0.15, 0.2) is 11.6 Å². The highest BCUT2D eigenvalue weighted by molar-refractivity contribution is 7.25. The lowest BCUT2D eigenvalue weighted by Crippen LogP contribution is -2.06. The van der Waals surface area contributed by atoms with Crippen molar-refractivity contribution in [3.05, 3.63) is 425 Å². The van der Waals surface area contributed by atoms with Crippen LogP contribution in [0.15, 0.2) is 451 Å². The van der Waals surface area contributed by atoms with Gasteiger partial charge in [0.25, 0.3) is 0 Å². The van der Waals surface area contributed by atoms with Crippen LogP contribution in [0.5, 0.6) is 0 Å². The third-order valence-electron chi connectivity index (χ3n) is 28.0. The van der Waals surface area contributed by atoms with Crippen LogP contribution in [0.3, 0.4) is 0 Å². The fourth-order valence-corrected chi connectivity index (χ4v) is 22.7. The molecule has 0 aliphatic heterocycles. The Hall–Kier alpha value is -19.2. The third-order valence-corrected chi connectivity index (χ3v) is 29.1. The first-order valence-corrected chi connectivity index (χ1v) is 48.0. The molecule has 32 rings (SSSR count). The summed E-state index contributed by atoms with van der Waals surface area (Å²) >= 11 is 1.83. The van der Waals surface area contributed by atoms with Gasteiger partial charge in [0.05, 0.1) is 83.2 Å². The molecule has 662 valence electrons. The van der Waals surface area contributed by atoms with Crippen molar-refractivity contribution in [2.75, 3.05) is 0 Å². The molecule has 32 aromatic rings. The van der Waals surface area contributed by atoms with Gasteiger partial charge in [0.1, 0.15) is 67.0 Å². The van der Waals surface area contributed by atoms with Gasteiger partial charge in [-0.1, -0.05) is 285 Å². The van der Waals surface area contributed by atoms with E-state index < -0.39 is 0 Å². The van der Waals surface area contributed by atoms with Crippen molar-refractivity contribution in [3.8, 4) is 85.7 Å². The van der Waals surface area contributed by atoms with Gasteiger partial charge in [-0.25, -0.2) is 24.9 Å². The molecule has 13 aromatic heterocycles. The maximum Gasteiger partial charge on any atom is 0.238 e. The molecule has 0 atom stereocenters. The molecule has 0 unspecified atom stereocenters. The molecule has 0 saturated heterocycles. The van der Waals surface area contributed by atoms with E-state index in [4.69, 9.17) is 61.4 Å². The Balaban J connectivity index is 0.000000100. The SMILES string of the molecule is c1ccc(-c2cc(-c3ccc4sc5ccccc5c4c3)nc(-n3c4ccccc4c4c5oc6ccccc6c5ccc43)n2)cc1.c1ccc(-c2cc(-c3cccc4c3oc3ccccc34)nc(-n3c4ccccc4c4c5oc6ccccc6c5ccc43)n2)cc1.c1ccc2c(c1)oc1c(-c3nc(-c4cccc5c4oc4ccccc45)nc(-n4c5ccccc5c5c6oc7ccccc7c6ccc54)n3)cccc12. The summed E-state index contributed by atoms with van der Waals surface area (Å²) in [4.78, 5) is 36.7. The largest absolute Gasteiger partial charge is 0.455 e. The van der Waals surface area contributed by atoms with E-state index in [1.54, 1.807) is 0 Å². The fraction of sp³-hybridized carbons (Fsp3) is 0. The number of thiophene rings is 1. The van der Waals surface area contributed by atoms with Gasteiger partial charge >= 0.3 is 0 Å². The fourth-order valence-electron chi connectivity index (χ4n) is 21.6. The summed E-state index contributed by atoms with van der Waals surface area (Å²) in [6.07, 6.45) is 0. The Morgan fingerprint density at radius 1 is 0.169 bits per heavy atom. The van der Waals surface area contributed by atoms with E-state index in [0.29, 0.717) is 29.5 Å². The van der Waals surface area contributed by atoms with Crippen molar-refractivity contribution in [2.45, 2.75) is 0 Å². The van der Waals surface area contributed by atoms with E-state index in [-0.39, 0.29) is 0 Å². The predicted molar refractivity (Wildman–Crippen MR) is 576 cm³/mol. The average Bonchev–Trinajstić information content (AvgIpc) is 1.56. The van der Waals surface area contributed by atoms with Gasteiger partial charge in [-0.3, -0.25) is 13.7 Å². The lowest BCUT2D eigenvalue weighted by atomic mass is 10.0. The van der Waals surface area contributed by atoms with E-state index in [1.807, 2.05) is 163 Å². The molecule has 16 nitrogen and oxygen atoms in total. The van der Waals surface area contributed by atoms with Crippen molar-refractivity contribution in [2.24, 2.45) is 0 Å². The molecule has 0 radical (unpaired) electrons. The zero-order valence-electron chi connectivity index (χ0n) is 75.2. The Morgan fingerprint density at radius 2 is 0.458 bits per heavy atom. The van der Waals surface area contributed by atoms with E-state index in [9.17, 15) is 0 Å². The van der Waals surface area contributed by atoms with Crippen LogP contribution in [0, 0.1) is 0 Å². The number of nitrogens with zero attached hydrogens (tertiary/aromatic N) is 10. The van der Waals surface area contributed by atoms with Crippen LogP contribution in [-0.2, 0) is 0 Å². The normalized spacial score (nSPS) is 12.1. The number of para-hydroxylation sites is 12. The second-order valence-electron chi connectivity index (χ2n) is 35.9. The predicted octanol–water partition coefficient (Wildman–Crippen LogP) is 33.9. The Labute approximate surface area is 808 Å². The molecular weight excluding hydrogens is 1770 g/mol. The molecule has 0 aliphatic carbocycles. The second kappa shape index (κ2) is 31.2. The standard InChI is InChI=1S/C45H24N4O3.C40H23N3O2.C40H23N3OS/c1-5-19-34-31(14-1)39-35(24-23-30-27-13-4-8-22-38(27)52-42(30)39)49(34)45-47-43(32-17-9-15-28-25-11-2-6-20-36(25)50-40(28)32)46-44(48-45)33-18-10-16-29-26-12-3-7-21-37(26)51-41(29)33;1-2-11-24(12-3-1)31-23-32(29-17-10-16-27-25-13-5-8-19-35(25)44-38(27)29)42-40(41-31)43-33-18-7-4-15-30(33)37-34(43)22-21-28-26-14-6-9-20-36(26)45-39(28)37;1-2-10-24(11-3-1)31-23-32(25-18-21-37-30(22-25)27-13-6-9-17-36(27)45-37)42-40(41-31)43-33-15-7-4-14-29(33)38-34(43)20-19-28-26-12-5-8-16-35(26)44-39(28)38/h1-24H;2*1-23H. The maximum absolute atomic E-state index is 6.57. The summed E-state index contributed by atoms with van der Waals surface area (Å²) in [5.41, 5.74) is 24.8. The highest BCUT2D eigenvalue weighted by Gasteiger charge is 2.29. The zero-order valence-corrected chi connectivity index (χ0v) is 76.1. The van der Waals surface area contributed by atoms with Crippen LogP contribution in [0.2, 0.25) is 0 Å². The lowest BCUT2D eigenvalue weighted by Gasteiger charge is -2.12. The van der Waals surface area contributed by atoms with Crippen molar-refractivity contribution >= 4 is 229 Å². The van der Waals surface area contributed by atoms with Crippen LogP contribution in [0.1, 0.15) is 0 Å². The number of fused-ring (bicyclic) bond motifs is 33. The monoisotopic (exact) mass is 1840 g/mol. The summed E-state index contributed by atoms with van der Waals surface area (Å²) in [6.45, 7) is 0. The van der Waals surface area contributed by atoms with Crippen molar-refractivity contribution in [1.29, 1.82) is 0 Å². The molecule has 0 fully saturated rings. The molecule has 0 N–H and O–H groups in total. The van der Waals surface area contributed by atoms with Crippen molar-refractivity contribution in [1.82, 2.24) is 48.6 Å².